The lowest BCUT2D eigenvalue weighted by Gasteiger charge is -2.38. The van der Waals surface area contributed by atoms with Crippen molar-refractivity contribution in [3.05, 3.63) is 70.8 Å². The van der Waals surface area contributed by atoms with E-state index in [1.165, 1.54) is 4.90 Å². The Morgan fingerprint density at radius 2 is 2.06 bits per heavy atom. The van der Waals surface area contributed by atoms with Crippen LogP contribution in [-0.4, -0.2) is 53.1 Å². The van der Waals surface area contributed by atoms with Crippen LogP contribution in [0.5, 0.6) is 0 Å². The Balaban J connectivity index is 1.60. The summed E-state index contributed by atoms with van der Waals surface area (Å²) in [7, 11) is 1.60. The van der Waals surface area contributed by atoms with Crippen LogP contribution in [0, 0.1) is 0 Å². The number of nitrogens with zero attached hydrogens (tertiary/aromatic N) is 2. The molecule has 0 saturated heterocycles. The minimum Gasteiger partial charge on any atom is -0.390 e. The van der Waals surface area contributed by atoms with Gasteiger partial charge in [0.2, 0.25) is 5.91 Å². The van der Waals surface area contributed by atoms with Crippen LogP contribution in [-0.2, 0) is 16.0 Å². The molecule has 8 nitrogen and oxygen atoms in total. The zero-order valence-electron chi connectivity index (χ0n) is 19.8. The number of carbonyl (C=O) groups is 2. The molecule has 0 radical (unpaired) electrons. The molecule has 0 spiro atoms. The van der Waals surface area contributed by atoms with Gasteiger partial charge in [0.15, 0.2) is 5.96 Å². The fourth-order valence-electron chi connectivity index (χ4n) is 4.85. The highest BCUT2D eigenvalue weighted by Crippen LogP contribution is 2.33. The van der Waals surface area contributed by atoms with E-state index in [1.807, 2.05) is 44.2 Å². The number of benzene rings is 2. The summed E-state index contributed by atoms with van der Waals surface area (Å²) >= 11 is 0. The predicted molar refractivity (Wildman–Crippen MR) is 129 cm³/mol. The summed E-state index contributed by atoms with van der Waals surface area (Å²) in [5.74, 6) is -0.233. The molecular formula is C26H32N4O4. The van der Waals surface area contributed by atoms with Gasteiger partial charge in [0.25, 0.3) is 5.91 Å². The van der Waals surface area contributed by atoms with E-state index in [4.69, 9.17) is 10.5 Å². The summed E-state index contributed by atoms with van der Waals surface area (Å²) in [6.07, 6.45) is 0.575. The highest BCUT2D eigenvalue weighted by atomic mass is 16.5. The molecular weight excluding hydrogens is 432 g/mol. The van der Waals surface area contributed by atoms with E-state index in [2.05, 4.69) is 10.3 Å². The average Bonchev–Trinajstić information content (AvgIpc) is 3.10. The smallest absolute Gasteiger partial charge is 0.251 e. The van der Waals surface area contributed by atoms with E-state index < -0.39 is 23.7 Å². The number of fused-ring (bicyclic) bond motifs is 1. The molecule has 0 bridgehead atoms. The van der Waals surface area contributed by atoms with Gasteiger partial charge >= 0.3 is 0 Å². The number of amides is 2. The van der Waals surface area contributed by atoms with E-state index >= 15 is 0 Å². The number of rotatable bonds is 7. The normalized spacial score (nSPS) is 22.2. The van der Waals surface area contributed by atoms with Gasteiger partial charge in [-0.15, -0.1) is 0 Å². The summed E-state index contributed by atoms with van der Waals surface area (Å²) in [4.78, 5) is 32.2. The summed E-state index contributed by atoms with van der Waals surface area (Å²) in [6, 6.07) is 14.0. The van der Waals surface area contributed by atoms with Crippen molar-refractivity contribution >= 4 is 17.8 Å². The maximum Gasteiger partial charge on any atom is 0.251 e. The second kappa shape index (κ2) is 9.56. The van der Waals surface area contributed by atoms with Gasteiger partial charge < -0.3 is 20.9 Å². The first-order chi connectivity index (χ1) is 16.2. The average molecular weight is 465 g/mol. The molecule has 1 aliphatic carbocycles. The molecule has 2 aromatic rings. The highest BCUT2D eigenvalue weighted by molar-refractivity contribution is 5.99. The maximum absolute atomic E-state index is 13.2. The largest absolute Gasteiger partial charge is 0.390 e. The first kappa shape index (κ1) is 23.9. The number of aliphatic hydroxyl groups is 1. The molecule has 4 rings (SSSR count). The SMILES string of the molecule is COCC[C@H](c1cccc(C(=O)N[C@@H]2c3ccccc3C[C@H]2O)c1)N1C(=O)CC(C)(C)N=C1N. The number of aliphatic imine (C=N–C) groups is 1. The Kier molecular flexibility index (Phi) is 6.72. The van der Waals surface area contributed by atoms with Crippen LogP contribution in [0.3, 0.4) is 0 Å². The molecule has 2 amide bonds. The second-order valence-electron chi connectivity index (χ2n) is 9.57. The third-order valence-corrected chi connectivity index (χ3v) is 6.45. The Labute approximate surface area is 199 Å². The molecule has 0 fully saturated rings. The molecule has 180 valence electrons. The first-order valence-corrected chi connectivity index (χ1v) is 11.5. The Morgan fingerprint density at radius 3 is 2.79 bits per heavy atom. The van der Waals surface area contributed by atoms with Crippen LogP contribution in [0.15, 0.2) is 53.5 Å². The van der Waals surface area contributed by atoms with E-state index in [0.29, 0.717) is 25.0 Å². The molecule has 3 atom stereocenters. The van der Waals surface area contributed by atoms with Gasteiger partial charge in [-0.25, -0.2) is 4.99 Å². The number of guanidine groups is 1. The molecule has 34 heavy (non-hydrogen) atoms. The predicted octanol–water partition coefficient (Wildman–Crippen LogP) is 2.48. The molecule has 1 heterocycles. The van der Waals surface area contributed by atoms with Crippen molar-refractivity contribution in [2.75, 3.05) is 13.7 Å². The summed E-state index contributed by atoms with van der Waals surface area (Å²) in [6.45, 7) is 4.16. The summed E-state index contributed by atoms with van der Waals surface area (Å²) in [5.41, 5.74) is 8.86. The number of ether oxygens (including phenoxy) is 1. The van der Waals surface area contributed by atoms with Crippen LogP contribution < -0.4 is 11.1 Å². The van der Waals surface area contributed by atoms with E-state index in [0.717, 1.165) is 16.7 Å². The topological polar surface area (TPSA) is 117 Å². The summed E-state index contributed by atoms with van der Waals surface area (Å²) < 4.78 is 5.28. The molecule has 2 aromatic carbocycles. The lowest BCUT2D eigenvalue weighted by atomic mass is 9.95. The number of nitrogens with two attached hydrogens (primary N) is 1. The van der Waals surface area contributed by atoms with Crippen molar-refractivity contribution in [2.24, 2.45) is 10.7 Å². The molecule has 2 aliphatic rings. The van der Waals surface area contributed by atoms with Crippen LogP contribution >= 0.6 is 0 Å². The van der Waals surface area contributed by atoms with Gasteiger partial charge in [0.05, 0.1) is 30.1 Å². The number of carbonyl (C=O) groups excluding carboxylic acids is 2. The van der Waals surface area contributed by atoms with Crippen molar-refractivity contribution in [3.63, 3.8) is 0 Å². The molecule has 0 aromatic heterocycles. The Morgan fingerprint density at radius 1 is 1.29 bits per heavy atom. The fourth-order valence-corrected chi connectivity index (χ4v) is 4.85. The molecule has 8 heteroatoms. The number of methoxy groups -OCH3 is 1. The van der Waals surface area contributed by atoms with Crippen LogP contribution in [0.1, 0.15) is 65.8 Å². The van der Waals surface area contributed by atoms with Gasteiger partial charge in [0.1, 0.15) is 0 Å². The summed E-state index contributed by atoms with van der Waals surface area (Å²) in [5, 5.41) is 13.5. The van der Waals surface area contributed by atoms with Crippen LogP contribution in [0.25, 0.3) is 0 Å². The minimum atomic E-state index is -0.677. The van der Waals surface area contributed by atoms with E-state index in [9.17, 15) is 14.7 Å². The van der Waals surface area contributed by atoms with Gasteiger partial charge in [-0.05, 0) is 49.1 Å². The minimum absolute atomic E-state index is 0.112. The third kappa shape index (κ3) is 4.83. The van der Waals surface area contributed by atoms with Gasteiger partial charge in [0, 0.05) is 25.7 Å². The highest BCUT2D eigenvalue weighted by Gasteiger charge is 2.37. The van der Waals surface area contributed by atoms with Crippen molar-refractivity contribution in [1.29, 1.82) is 0 Å². The number of aliphatic hydroxyl groups excluding tert-OH is 1. The zero-order valence-corrected chi connectivity index (χ0v) is 19.8. The number of nitrogens with one attached hydrogen (secondary N) is 1. The Hall–Kier alpha value is -3.23. The first-order valence-electron chi connectivity index (χ1n) is 11.5. The van der Waals surface area contributed by atoms with E-state index in [1.54, 1.807) is 25.3 Å². The third-order valence-electron chi connectivity index (χ3n) is 6.45. The second-order valence-corrected chi connectivity index (χ2v) is 9.57. The number of hydrogen-bond acceptors (Lipinski definition) is 6. The van der Waals surface area contributed by atoms with Crippen molar-refractivity contribution in [2.45, 2.75) is 56.8 Å². The quantitative estimate of drug-likeness (QED) is 0.582. The van der Waals surface area contributed by atoms with Gasteiger partial charge in [-0.3, -0.25) is 14.5 Å². The standard InChI is InChI=1S/C26H32N4O4/c1-26(2)15-22(32)30(25(27)29-26)20(11-12-34-3)17-8-6-9-18(13-17)24(33)28-23-19-10-5-4-7-16(19)14-21(23)31/h4-10,13,20-21,23,31H,11-12,14-15H2,1-3H3,(H2,27,29)(H,28,33)/t20-,21-,23-/m1/s1. The van der Waals surface area contributed by atoms with E-state index in [-0.39, 0.29) is 24.2 Å². The van der Waals surface area contributed by atoms with Crippen molar-refractivity contribution in [1.82, 2.24) is 10.2 Å². The van der Waals surface area contributed by atoms with Crippen molar-refractivity contribution in [3.8, 4) is 0 Å². The lowest BCUT2D eigenvalue weighted by Crippen LogP contribution is -2.51. The van der Waals surface area contributed by atoms with Crippen LogP contribution in [0.4, 0.5) is 0 Å². The Bertz CT molecular complexity index is 1110. The van der Waals surface area contributed by atoms with Gasteiger partial charge in [-0.1, -0.05) is 36.4 Å². The lowest BCUT2D eigenvalue weighted by molar-refractivity contribution is -0.131. The molecule has 0 saturated carbocycles. The van der Waals surface area contributed by atoms with Crippen LogP contribution in [0.2, 0.25) is 0 Å². The maximum atomic E-state index is 13.2. The fraction of sp³-hybridized carbons (Fsp3) is 0.423. The van der Waals surface area contributed by atoms with Gasteiger partial charge in [-0.2, -0.15) is 0 Å². The number of hydrogen-bond donors (Lipinski definition) is 3. The molecule has 0 unspecified atom stereocenters. The van der Waals surface area contributed by atoms with Crippen molar-refractivity contribution < 1.29 is 19.4 Å². The zero-order chi connectivity index (χ0) is 24.5. The monoisotopic (exact) mass is 464 g/mol. The molecule has 4 N–H and O–H groups in total. The molecule has 1 aliphatic heterocycles.